The molecule has 0 aliphatic carbocycles. The maximum Gasteiger partial charge on any atom is 0.223 e. The van der Waals surface area contributed by atoms with Crippen LogP contribution in [0.2, 0.25) is 0 Å². The molecular formula is C21H41N3O14. The monoisotopic (exact) mass is 559 g/mol. The third kappa shape index (κ3) is 5.58. The van der Waals surface area contributed by atoms with Crippen molar-refractivity contribution in [1.29, 1.82) is 0 Å². The van der Waals surface area contributed by atoms with Gasteiger partial charge in [-0.2, -0.15) is 0 Å². The van der Waals surface area contributed by atoms with Crippen LogP contribution in [0.15, 0.2) is 0 Å². The molecule has 0 aromatic rings. The molecule has 3 fully saturated rings. The average molecular weight is 560 g/mol. The third-order valence-corrected chi connectivity index (χ3v) is 7.42. The second kappa shape index (κ2) is 12.5. The molecule has 0 bridgehead atoms. The molecule has 3 rings (SSSR count). The molecule has 3 saturated heterocycles. The fourth-order valence-corrected chi connectivity index (χ4v) is 5.03. The minimum atomic E-state index is -2.94. The van der Waals surface area contributed by atoms with Crippen molar-refractivity contribution in [1.82, 2.24) is 0 Å². The Balaban J connectivity index is 1.79. The zero-order valence-electron chi connectivity index (χ0n) is 20.8. The number of ether oxygens (including phenoxy) is 5. The van der Waals surface area contributed by atoms with E-state index in [2.05, 4.69) is 0 Å². The summed E-state index contributed by atoms with van der Waals surface area (Å²) in [4.78, 5) is 0. The molecule has 38 heavy (non-hydrogen) atoms. The molecule has 14 atom stereocenters. The molecular weight excluding hydrogens is 518 g/mol. The predicted molar refractivity (Wildman–Crippen MR) is 122 cm³/mol. The maximum absolute atomic E-state index is 11.0. The van der Waals surface area contributed by atoms with Crippen LogP contribution in [-0.2, 0) is 23.7 Å². The van der Waals surface area contributed by atoms with E-state index < -0.39 is 111 Å². The maximum atomic E-state index is 11.0. The summed E-state index contributed by atoms with van der Waals surface area (Å²) in [5.74, 6) is -2.94. The lowest BCUT2D eigenvalue weighted by Crippen LogP contribution is -2.76. The SMILES string of the molecule is CCC[C@]1(CO)O[C@H](OC2[C@@H](CO)O[C@@H](OC3[C@@H](CO)O[C@@H](O)[C@H](N)[C@H]3O)[C@H](N)[C@H]2O)[C@H](N)[C@@H](O)C1(O)O. The molecule has 3 aliphatic rings. The van der Waals surface area contributed by atoms with E-state index in [9.17, 15) is 46.0 Å². The zero-order chi connectivity index (χ0) is 28.6. The van der Waals surface area contributed by atoms with Gasteiger partial charge in [-0.05, 0) is 6.42 Å². The third-order valence-electron chi connectivity index (χ3n) is 7.42. The van der Waals surface area contributed by atoms with Gasteiger partial charge in [0.15, 0.2) is 24.5 Å². The summed E-state index contributed by atoms with van der Waals surface area (Å²) in [6.45, 7) is -0.675. The van der Waals surface area contributed by atoms with E-state index in [-0.39, 0.29) is 6.42 Å². The fraction of sp³-hybridized carbons (Fsp3) is 1.00. The minimum absolute atomic E-state index is 0.114. The van der Waals surface area contributed by atoms with E-state index in [4.69, 9.17) is 40.9 Å². The Hall–Kier alpha value is -0.680. The molecule has 3 aliphatic heterocycles. The molecule has 0 aromatic heterocycles. The molecule has 0 spiro atoms. The molecule has 3 heterocycles. The number of rotatable bonds is 9. The zero-order valence-corrected chi connectivity index (χ0v) is 20.8. The Kier molecular flexibility index (Phi) is 10.4. The van der Waals surface area contributed by atoms with Crippen molar-refractivity contribution in [3.05, 3.63) is 0 Å². The lowest BCUT2D eigenvalue weighted by atomic mass is 9.80. The highest BCUT2D eigenvalue weighted by atomic mass is 16.7. The van der Waals surface area contributed by atoms with Gasteiger partial charge in [0.1, 0.15) is 42.7 Å². The molecule has 0 aromatic carbocycles. The summed E-state index contributed by atoms with van der Waals surface area (Å²) in [6, 6.07) is -4.27. The van der Waals surface area contributed by atoms with E-state index >= 15 is 0 Å². The Labute approximate surface area is 218 Å². The number of nitrogens with two attached hydrogens (primary N) is 3. The van der Waals surface area contributed by atoms with Gasteiger partial charge in [0.25, 0.3) is 0 Å². The first-order valence-electron chi connectivity index (χ1n) is 12.4. The van der Waals surface area contributed by atoms with E-state index in [1.807, 2.05) is 0 Å². The first-order valence-corrected chi connectivity index (χ1v) is 12.4. The van der Waals surface area contributed by atoms with Crippen molar-refractivity contribution in [2.24, 2.45) is 17.2 Å². The van der Waals surface area contributed by atoms with Crippen LogP contribution in [0.1, 0.15) is 19.8 Å². The quantitative estimate of drug-likeness (QED) is 0.117. The highest BCUT2D eigenvalue weighted by Gasteiger charge is 2.63. The van der Waals surface area contributed by atoms with Crippen LogP contribution < -0.4 is 17.2 Å². The normalized spacial score (nSPS) is 49.7. The van der Waals surface area contributed by atoms with Crippen molar-refractivity contribution < 1.29 is 69.6 Å². The van der Waals surface area contributed by atoms with E-state index in [0.29, 0.717) is 6.42 Å². The van der Waals surface area contributed by atoms with Gasteiger partial charge in [-0.15, -0.1) is 0 Å². The van der Waals surface area contributed by atoms with Crippen molar-refractivity contribution in [2.75, 3.05) is 19.8 Å². The first-order chi connectivity index (χ1) is 17.8. The Morgan fingerprint density at radius 2 is 1.29 bits per heavy atom. The first kappa shape index (κ1) is 31.8. The summed E-state index contributed by atoms with van der Waals surface area (Å²) in [5, 5.41) is 92.2. The molecule has 0 saturated carbocycles. The highest BCUT2D eigenvalue weighted by Crippen LogP contribution is 2.40. The molecule has 17 nitrogen and oxygen atoms in total. The number of hydrogen-bond acceptors (Lipinski definition) is 17. The largest absolute Gasteiger partial charge is 0.394 e. The van der Waals surface area contributed by atoms with E-state index in [0.717, 1.165) is 0 Å². The van der Waals surface area contributed by atoms with Gasteiger partial charge >= 0.3 is 0 Å². The van der Waals surface area contributed by atoms with Crippen LogP contribution in [0, 0.1) is 0 Å². The summed E-state index contributed by atoms with van der Waals surface area (Å²) >= 11 is 0. The van der Waals surface area contributed by atoms with Gasteiger partial charge in [-0.3, -0.25) is 0 Å². The van der Waals surface area contributed by atoms with Crippen LogP contribution in [0.3, 0.4) is 0 Å². The standard InChI is InChI=1S/C21H41N3O14/c1-2-3-20(6-27)21(32,33)16(30)11(24)19(38-20)37-15-8(5-26)35-18(10(23)13(15)29)36-14-7(4-25)34-17(31)9(22)12(14)28/h7-19,25-33H,2-6,22-24H2,1H3/t7-,8-,9-,10-,11-,12-,13-,14?,15?,16-,17-,18+,19+,20-/m1/s1. The Morgan fingerprint density at radius 1 is 0.763 bits per heavy atom. The van der Waals surface area contributed by atoms with Crippen LogP contribution in [-0.4, -0.2) is 157 Å². The molecule has 15 N–H and O–H groups in total. The summed E-state index contributed by atoms with van der Waals surface area (Å²) in [5.41, 5.74) is 15.7. The van der Waals surface area contributed by atoms with Crippen LogP contribution in [0.4, 0.5) is 0 Å². The second-order valence-electron chi connectivity index (χ2n) is 9.95. The van der Waals surface area contributed by atoms with Gasteiger partial charge in [0, 0.05) is 0 Å². The lowest BCUT2D eigenvalue weighted by molar-refractivity contribution is -0.419. The van der Waals surface area contributed by atoms with E-state index in [1.54, 1.807) is 6.92 Å². The number of aliphatic hydroxyl groups excluding tert-OH is 7. The fourth-order valence-electron chi connectivity index (χ4n) is 5.03. The van der Waals surface area contributed by atoms with Crippen molar-refractivity contribution in [2.45, 2.75) is 111 Å². The van der Waals surface area contributed by atoms with E-state index in [1.165, 1.54) is 0 Å². The highest BCUT2D eigenvalue weighted by molar-refractivity contribution is 5.07. The number of hydrogen-bond donors (Lipinski definition) is 12. The van der Waals surface area contributed by atoms with Crippen LogP contribution >= 0.6 is 0 Å². The molecule has 224 valence electrons. The van der Waals surface area contributed by atoms with Gasteiger partial charge in [0.2, 0.25) is 5.79 Å². The van der Waals surface area contributed by atoms with Gasteiger partial charge in [0.05, 0.1) is 37.9 Å². The number of aliphatic hydroxyl groups is 9. The summed E-state index contributed by atoms with van der Waals surface area (Å²) < 4.78 is 27.9. The Morgan fingerprint density at radius 3 is 1.82 bits per heavy atom. The van der Waals surface area contributed by atoms with Gasteiger partial charge < -0.3 is 86.8 Å². The molecule has 17 heteroatoms. The van der Waals surface area contributed by atoms with Crippen LogP contribution in [0.25, 0.3) is 0 Å². The minimum Gasteiger partial charge on any atom is -0.394 e. The van der Waals surface area contributed by atoms with Gasteiger partial charge in [-0.25, -0.2) is 0 Å². The lowest BCUT2D eigenvalue weighted by Gasteiger charge is -2.54. The van der Waals surface area contributed by atoms with Gasteiger partial charge in [-0.1, -0.05) is 13.3 Å². The predicted octanol–water partition coefficient (Wildman–Crippen LogP) is -7.18. The smallest absolute Gasteiger partial charge is 0.223 e. The molecule has 2 unspecified atom stereocenters. The second-order valence-corrected chi connectivity index (χ2v) is 9.95. The molecule has 0 radical (unpaired) electrons. The van der Waals surface area contributed by atoms with Crippen molar-refractivity contribution in [3.8, 4) is 0 Å². The van der Waals surface area contributed by atoms with Crippen LogP contribution in [0.5, 0.6) is 0 Å². The summed E-state index contributed by atoms with van der Waals surface area (Å²) in [7, 11) is 0. The average Bonchev–Trinajstić information content (AvgIpc) is 2.89. The molecule has 0 amide bonds. The van der Waals surface area contributed by atoms with Crippen molar-refractivity contribution >= 4 is 0 Å². The topological polar surface area (TPSA) is 306 Å². The van der Waals surface area contributed by atoms with Crippen molar-refractivity contribution in [3.63, 3.8) is 0 Å². The summed E-state index contributed by atoms with van der Waals surface area (Å²) in [6.07, 6.45) is -15.1. The Bertz CT molecular complexity index is 765.